The summed E-state index contributed by atoms with van der Waals surface area (Å²) in [6.45, 7) is 0. The molecule has 0 unspecified atom stereocenters. The Bertz CT molecular complexity index is 1310. The van der Waals surface area contributed by atoms with Gasteiger partial charge in [-0.05, 0) is 34.5 Å². The summed E-state index contributed by atoms with van der Waals surface area (Å²) >= 11 is 0. The Morgan fingerprint density at radius 2 is 1.53 bits per heavy atom. The highest BCUT2D eigenvalue weighted by Crippen LogP contribution is 2.26. The van der Waals surface area contributed by atoms with Gasteiger partial charge in [0.1, 0.15) is 0 Å². The lowest BCUT2D eigenvalue weighted by Crippen LogP contribution is -2.16. The lowest BCUT2D eigenvalue weighted by Gasteiger charge is -2.12. The van der Waals surface area contributed by atoms with E-state index in [1.165, 1.54) is 24.3 Å². The molecule has 0 bridgehead atoms. The highest BCUT2D eigenvalue weighted by Gasteiger charge is 2.15. The normalized spacial score (nSPS) is 10.5. The molecule has 1 amide bonds. The smallest absolute Gasteiger partial charge is 0.315 e. The van der Waals surface area contributed by atoms with Gasteiger partial charge >= 0.3 is 5.97 Å². The molecule has 0 radical (unpaired) electrons. The van der Waals surface area contributed by atoms with Gasteiger partial charge in [0.15, 0.2) is 5.75 Å². The monoisotopic (exact) mass is 426 g/mol. The minimum atomic E-state index is -0.550. The highest BCUT2D eigenvalue weighted by molar-refractivity contribution is 6.13. The zero-order valence-electron chi connectivity index (χ0n) is 16.9. The molecule has 0 fully saturated rings. The standard InChI is InChI=1S/C25H18N2O5/c28-24(16-17-12-14-19(15-13-17)27(30)31)32-23-11-4-3-10-22(23)26-25(29)21-9-5-7-18-6-1-2-8-20(18)21/h1-15H,16H2,(H,26,29). The van der Waals surface area contributed by atoms with Gasteiger partial charge in [-0.25, -0.2) is 0 Å². The molecule has 7 heteroatoms. The molecule has 32 heavy (non-hydrogen) atoms. The summed E-state index contributed by atoms with van der Waals surface area (Å²) < 4.78 is 5.46. The lowest BCUT2D eigenvalue weighted by atomic mass is 10.0. The first-order valence-electron chi connectivity index (χ1n) is 9.83. The number of para-hydroxylation sites is 2. The number of non-ortho nitro benzene ring substituents is 1. The third kappa shape index (κ3) is 4.62. The number of hydrogen-bond donors (Lipinski definition) is 1. The summed E-state index contributed by atoms with van der Waals surface area (Å²) in [5.41, 5.74) is 1.40. The number of nitro benzene ring substituents is 1. The number of nitro groups is 1. The zero-order chi connectivity index (χ0) is 22.5. The molecule has 0 saturated heterocycles. The Morgan fingerprint density at radius 3 is 2.31 bits per heavy atom. The molecular weight excluding hydrogens is 408 g/mol. The number of nitrogens with zero attached hydrogens (tertiary/aromatic N) is 1. The van der Waals surface area contributed by atoms with Crippen LogP contribution < -0.4 is 10.1 Å². The predicted molar refractivity (Wildman–Crippen MR) is 121 cm³/mol. The summed E-state index contributed by atoms with van der Waals surface area (Å²) in [4.78, 5) is 35.6. The van der Waals surface area contributed by atoms with Crippen LogP contribution in [0.5, 0.6) is 5.75 Å². The quantitative estimate of drug-likeness (QED) is 0.199. The Labute approximate surface area is 183 Å². The summed E-state index contributed by atoms with van der Waals surface area (Å²) in [7, 11) is 0. The second-order valence-corrected chi connectivity index (χ2v) is 7.05. The molecule has 1 N–H and O–H groups in total. The lowest BCUT2D eigenvalue weighted by molar-refractivity contribution is -0.384. The van der Waals surface area contributed by atoms with Crippen LogP contribution in [-0.4, -0.2) is 16.8 Å². The van der Waals surface area contributed by atoms with E-state index >= 15 is 0 Å². The molecule has 0 aliphatic carbocycles. The number of fused-ring (bicyclic) bond motifs is 1. The molecule has 0 spiro atoms. The fraction of sp³-hybridized carbons (Fsp3) is 0.0400. The SMILES string of the molecule is O=C(Cc1ccc([N+](=O)[O-])cc1)Oc1ccccc1NC(=O)c1cccc2ccccc12. The largest absolute Gasteiger partial charge is 0.424 e. The van der Waals surface area contributed by atoms with Crippen molar-refractivity contribution in [2.24, 2.45) is 0 Å². The van der Waals surface area contributed by atoms with Crippen LogP contribution in [0.2, 0.25) is 0 Å². The number of carbonyl (C=O) groups excluding carboxylic acids is 2. The zero-order valence-corrected chi connectivity index (χ0v) is 16.9. The fourth-order valence-electron chi connectivity index (χ4n) is 3.33. The number of esters is 1. The van der Waals surface area contributed by atoms with Crippen molar-refractivity contribution in [2.45, 2.75) is 6.42 Å². The molecule has 0 aliphatic heterocycles. The number of hydrogen-bond acceptors (Lipinski definition) is 5. The predicted octanol–water partition coefficient (Wildman–Crippen LogP) is 5.15. The molecule has 158 valence electrons. The fourth-order valence-corrected chi connectivity index (χ4v) is 3.33. The maximum atomic E-state index is 12.9. The van der Waals surface area contributed by atoms with E-state index in [0.717, 1.165) is 10.8 Å². The second-order valence-electron chi connectivity index (χ2n) is 7.05. The molecular formula is C25H18N2O5. The maximum absolute atomic E-state index is 12.9. The van der Waals surface area contributed by atoms with Crippen LogP contribution >= 0.6 is 0 Å². The van der Waals surface area contributed by atoms with Gasteiger partial charge in [0.05, 0.1) is 17.0 Å². The van der Waals surface area contributed by atoms with Crippen LogP contribution in [0, 0.1) is 10.1 Å². The van der Waals surface area contributed by atoms with Gasteiger partial charge in [0, 0.05) is 17.7 Å². The number of rotatable bonds is 6. The first-order chi connectivity index (χ1) is 15.5. The van der Waals surface area contributed by atoms with E-state index in [1.54, 1.807) is 30.3 Å². The van der Waals surface area contributed by atoms with E-state index < -0.39 is 10.9 Å². The topological polar surface area (TPSA) is 98.5 Å². The third-order valence-corrected chi connectivity index (χ3v) is 4.89. The van der Waals surface area contributed by atoms with Crippen molar-refractivity contribution in [3.8, 4) is 5.75 Å². The van der Waals surface area contributed by atoms with Gasteiger partial charge in [0.2, 0.25) is 0 Å². The Balaban J connectivity index is 1.49. The molecule has 7 nitrogen and oxygen atoms in total. The van der Waals surface area contributed by atoms with Gasteiger partial charge in [-0.2, -0.15) is 0 Å². The van der Waals surface area contributed by atoms with E-state index in [-0.39, 0.29) is 23.8 Å². The molecule has 4 aromatic rings. The number of anilines is 1. The molecule has 0 atom stereocenters. The van der Waals surface area contributed by atoms with Crippen molar-refractivity contribution >= 4 is 34.0 Å². The van der Waals surface area contributed by atoms with Gasteiger partial charge in [-0.3, -0.25) is 19.7 Å². The molecule has 0 heterocycles. The van der Waals surface area contributed by atoms with Gasteiger partial charge in [0.25, 0.3) is 11.6 Å². The Morgan fingerprint density at radius 1 is 0.844 bits per heavy atom. The van der Waals surface area contributed by atoms with Crippen LogP contribution in [0.3, 0.4) is 0 Å². The van der Waals surface area contributed by atoms with E-state index in [1.807, 2.05) is 36.4 Å². The average Bonchev–Trinajstić information content (AvgIpc) is 2.80. The van der Waals surface area contributed by atoms with Crippen LogP contribution in [-0.2, 0) is 11.2 Å². The minimum absolute atomic E-state index is 0.0522. The highest BCUT2D eigenvalue weighted by atomic mass is 16.6. The minimum Gasteiger partial charge on any atom is -0.424 e. The van der Waals surface area contributed by atoms with Gasteiger partial charge in [-0.1, -0.05) is 60.7 Å². The van der Waals surface area contributed by atoms with Crippen molar-refractivity contribution < 1.29 is 19.2 Å². The van der Waals surface area contributed by atoms with Crippen LogP contribution in [0.25, 0.3) is 10.8 Å². The van der Waals surface area contributed by atoms with E-state index in [4.69, 9.17) is 4.74 Å². The molecule has 4 aromatic carbocycles. The first kappa shape index (κ1) is 20.7. The van der Waals surface area contributed by atoms with E-state index in [0.29, 0.717) is 16.8 Å². The summed E-state index contributed by atoms with van der Waals surface area (Å²) in [6.07, 6.45) is -0.0659. The van der Waals surface area contributed by atoms with Crippen LogP contribution in [0.4, 0.5) is 11.4 Å². The number of carbonyl (C=O) groups is 2. The van der Waals surface area contributed by atoms with Gasteiger partial charge < -0.3 is 10.1 Å². The van der Waals surface area contributed by atoms with Crippen molar-refractivity contribution in [1.29, 1.82) is 0 Å². The summed E-state index contributed by atoms with van der Waals surface area (Å²) in [6, 6.07) is 25.4. The number of amides is 1. The van der Waals surface area contributed by atoms with E-state index in [2.05, 4.69) is 5.32 Å². The second kappa shape index (κ2) is 9.09. The maximum Gasteiger partial charge on any atom is 0.315 e. The molecule has 0 saturated carbocycles. The third-order valence-electron chi connectivity index (χ3n) is 4.89. The average molecular weight is 426 g/mol. The van der Waals surface area contributed by atoms with Gasteiger partial charge in [-0.15, -0.1) is 0 Å². The van der Waals surface area contributed by atoms with Crippen molar-refractivity contribution in [3.05, 3.63) is 112 Å². The Kier molecular flexibility index (Phi) is 5.89. The van der Waals surface area contributed by atoms with Crippen LogP contribution in [0.15, 0.2) is 91.0 Å². The Hall–Kier alpha value is -4.52. The summed E-state index contributed by atoms with van der Waals surface area (Å²) in [5.74, 6) is -0.653. The van der Waals surface area contributed by atoms with Crippen LogP contribution in [0.1, 0.15) is 15.9 Å². The molecule has 0 aromatic heterocycles. The summed E-state index contributed by atoms with van der Waals surface area (Å²) in [5, 5.41) is 15.3. The van der Waals surface area contributed by atoms with E-state index in [9.17, 15) is 19.7 Å². The number of ether oxygens (including phenoxy) is 1. The first-order valence-corrected chi connectivity index (χ1v) is 9.83. The number of nitrogens with one attached hydrogen (secondary N) is 1. The number of benzene rings is 4. The van der Waals surface area contributed by atoms with Crippen molar-refractivity contribution in [2.75, 3.05) is 5.32 Å². The van der Waals surface area contributed by atoms with Crippen molar-refractivity contribution in [1.82, 2.24) is 0 Å². The van der Waals surface area contributed by atoms with Crippen molar-refractivity contribution in [3.63, 3.8) is 0 Å². The molecule has 4 rings (SSSR count). The molecule has 0 aliphatic rings.